The third-order valence-corrected chi connectivity index (χ3v) is 2.07. The van der Waals surface area contributed by atoms with E-state index in [1.165, 1.54) is 32.4 Å². The van der Waals surface area contributed by atoms with Crippen molar-refractivity contribution in [2.24, 2.45) is 5.92 Å². The SMILES string of the molecule is CC.CCC.CCC1CCN(C)C1. The molecular weight excluding hydrogens is 158 g/mol. The Hall–Kier alpha value is -0.0400. The lowest BCUT2D eigenvalue weighted by atomic mass is 10.1. The summed E-state index contributed by atoms with van der Waals surface area (Å²) in [6.07, 6.45) is 4.04. The molecule has 1 heteroatoms. The normalized spacial score (nSPS) is 21.2. The van der Waals surface area contributed by atoms with Crippen molar-refractivity contribution < 1.29 is 0 Å². The highest BCUT2D eigenvalue weighted by Gasteiger charge is 2.16. The van der Waals surface area contributed by atoms with Gasteiger partial charge in [0.1, 0.15) is 0 Å². The Kier molecular flexibility index (Phi) is 14.2. The first-order valence-electron chi connectivity index (χ1n) is 5.93. The fourth-order valence-corrected chi connectivity index (χ4v) is 1.36. The second-order valence-electron chi connectivity index (χ2n) is 3.53. The summed E-state index contributed by atoms with van der Waals surface area (Å²) in [5, 5.41) is 0. The van der Waals surface area contributed by atoms with Crippen LogP contribution in [0.3, 0.4) is 0 Å². The van der Waals surface area contributed by atoms with Crippen molar-refractivity contribution in [3.8, 4) is 0 Å². The van der Waals surface area contributed by atoms with Crippen LogP contribution in [0.2, 0.25) is 0 Å². The van der Waals surface area contributed by atoms with E-state index in [-0.39, 0.29) is 0 Å². The van der Waals surface area contributed by atoms with Gasteiger partial charge in [-0.3, -0.25) is 0 Å². The van der Waals surface area contributed by atoms with Crippen LogP contribution < -0.4 is 0 Å². The molecule has 1 aliphatic heterocycles. The molecule has 0 aliphatic carbocycles. The standard InChI is InChI=1S/C7H15N.C3H8.C2H6/c1-3-7-4-5-8(2)6-7;1-3-2;1-2/h7H,3-6H2,1-2H3;3H2,1-2H3;1-2H3. The molecular formula is C12H29N. The van der Waals surface area contributed by atoms with Gasteiger partial charge in [-0.1, -0.05) is 47.5 Å². The molecule has 0 radical (unpaired) electrons. The molecule has 0 aromatic rings. The average Bonchev–Trinajstić information content (AvgIpc) is 2.56. The minimum absolute atomic E-state index is 1.000. The lowest BCUT2D eigenvalue weighted by Gasteiger charge is -2.05. The number of likely N-dealkylation sites (tertiary alicyclic amines) is 1. The van der Waals surface area contributed by atoms with Crippen LogP contribution >= 0.6 is 0 Å². The predicted octanol–water partition coefficient (Wildman–Crippen LogP) is 3.79. The van der Waals surface area contributed by atoms with Gasteiger partial charge in [-0.15, -0.1) is 0 Å². The van der Waals surface area contributed by atoms with Crippen molar-refractivity contribution in [1.29, 1.82) is 0 Å². The molecule has 0 amide bonds. The summed E-state index contributed by atoms with van der Waals surface area (Å²) in [7, 11) is 2.20. The first-order chi connectivity index (χ1) is 6.24. The Morgan fingerprint density at radius 2 is 1.62 bits per heavy atom. The zero-order valence-electron chi connectivity index (χ0n) is 10.6. The van der Waals surface area contributed by atoms with Gasteiger partial charge in [0.25, 0.3) is 0 Å². The van der Waals surface area contributed by atoms with Crippen LogP contribution in [0, 0.1) is 5.92 Å². The van der Waals surface area contributed by atoms with E-state index in [1.807, 2.05) is 13.8 Å². The first kappa shape index (κ1) is 15.4. The molecule has 0 spiro atoms. The first-order valence-corrected chi connectivity index (χ1v) is 5.93. The summed E-state index contributed by atoms with van der Waals surface area (Å²) in [4.78, 5) is 2.41. The Labute approximate surface area is 85.5 Å². The Morgan fingerprint density at radius 1 is 1.15 bits per heavy atom. The Bertz CT molecular complexity index is 81.2. The van der Waals surface area contributed by atoms with Crippen LogP contribution in [-0.4, -0.2) is 25.0 Å². The molecule has 1 nitrogen and oxygen atoms in total. The van der Waals surface area contributed by atoms with Gasteiger partial charge in [0.15, 0.2) is 0 Å². The third-order valence-electron chi connectivity index (χ3n) is 2.07. The van der Waals surface area contributed by atoms with Crippen LogP contribution in [-0.2, 0) is 0 Å². The second-order valence-corrected chi connectivity index (χ2v) is 3.53. The molecule has 1 rings (SSSR count). The van der Waals surface area contributed by atoms with Gasteiger partial charge in [-0.05, 0) is 25.9 Å². The Morgan fingerprint density at radius 3 is 1.77 bits per heavy atom. The highest BCUT2D eigenvalue weighted by molar-refractivity contribution is 4.70. The number of hydrogen-bond acceptors (Lipinski definition) is 1. The van der Waals surface area contributed by atoms with Gasteiger partial charge in [0.05, 0.1) is 0 Å². The molecule has 0 saturated carbocycles. The van der Waals surface area contributed by atoms with Crippen molar-refractivity contribution in [2.75, 3.05) is 20.1 Å². The molecule has 1 saturated heterocycles. The topological polar surface area (TPSA) is 3.24 Å². The number of hydrogen-bond donors (Lipinski definition) is 0. The van der Waals surface area contributed by atoms with E-state index < -0.39 is 0 Å². The highest BCUT2D eigenvalue weighted by Crippen LogP contribution is 2.16. The molecule has 13 heavy (non-hydrogen) atoms. The molecule has 0 aromatic carbocycles. The number of nitrogens with zero attached hydrogens (tertiary/aromatic N) is 1. The van der Waals surface area contributed by atoms with E-state index in [2.05, 4.69) is 32.7 Å². The zero-order chi connectivity index (χ0) is 10.7. The van der Waals surface area contributed by atoms with Crippen molar-refractivity contribution in [3.63, 3.8) is 0 Å². The van der Waals surface area contributed by atoms with Crippen molar-refractivity contribution in [1.82, 2.24) is 4.90 Å². The lowest BCUT2D eigenvalue weighted by molar-refractivity contribution is 0.392. The molecule has 1 atom stereocenters. The summed E-state index contributed by atoms with van der Waals surface area (Å²) in [5.41, 5.74) is 0. The van der Waals surface area contributed by atoms with Crippen LogP contribution in [0.1, 0.15) is 53.9 Å². The molecule has 1 fully saturated rings. The van der Waals surface area contributed by atoms with Crippen LogP contribution in [0.25, 0.3) is 0 Å². The molecule has 82 valence electrons. The molecule has 1 heterocycles. The Balaban J connectivity index is 0. The van der Waals surface area contributed by atoms with E-state index in [1.54, 1.807) is 0 Å². The lowest BCUT2D eigenvalue weighted by Crippen LogP contribution is -2.13. The smallest absolute Gasteiger partial charge is 0.000698 e. The fraction of sp³-hybridized carbons (Fsp3) is 1.00. The maximum absolute atomic E-state index is 2.41. The monoisotopic (exact) mass is 187 g/mol. The van der Waals surface area contributed by atoms with E-state index in [0.717, 1.165) is 5.92 Å². The average molecular weight is 187 g/mol. The van der Waals surface area contributed by atoms with Gasteiger partial charge in [0.2, 0.25) is 0 Å². The summed E-state index contributed by atoms with van der Waals surface area (Å²) in [6, 6.07) is 0. The summed E-state index contributed by atoms with van der Waals surface area (Å²) in [5.74, 6) is 1.000. The zero-order valence-corrected chi connectivity index (χ0v) is 10.6. The summed E-state index contributed by atoms with van der Waals surface area (Å²) < 4.78 is 0. The molecule has 1 aliphatic rings. The summed E-state index contributed by atoms with van der Waals surface area (Å²) in [6.45, 7) is 13.2. The maximum Gasteiger partial charge on any atom is 0.000698 e. The van der Waals surface area contributed by atoms with Crippen LogP contribution in [0.5, 0.6) is 0 Å². The van der Waals surface area contributed by atoms with Crippen molar-refractivity contribution in [2.45, 2.75) is 53.9 Å². The predicted molar refractivity (Wildman–Crippen MR) is 63.2 cm³/mol. The fourth-order valence-electron chi connectivity index (χ4n) is 1.36. The van der Waals surface area contributed by atoms with E-state index in [4.69, 9.17) is 0 Å². The van der Waals surface area contributed by atoms with E-state index >= 15 is 0 Å². The third kappa shape index (κ3) is 9.88. The molecule has 0 N–H and O–H groups in total. The summed E-state index contributed by atoms with van der Waals surface area (Å²) >= 11 is 0. The van der Waals surface area contributed by atoms with Gasteiger partial charge in [-0.2, -0.15) is 0 Å². The van der Waals surface area contributed by atoms with Crippen LogP contribution in [0.4, 0.5) is 0 Å². The van der Waals surface area contributed by atoms with Crippen LogP contribution in [0.15, 0.2) is 0 Å². The molecule has 0 aromatic heterocycles. The van der Waals surface area contributed by atoms with Crippen molar-refractivity contribution >= 4 is 0 Å². The van der Waals surface area contributed by atoms with Gasteiger partial charge in [-0.25, -0.2) is 0 Å². The molecule has 1 unspecified atom stereocenters. The second kappa shape index (κ2) is 12.0. The minimum Gasteiger partial charge on any atom is -0.306 e. The maximum atomic E-state index is 2.41. The highest BCUT2D eigenvalue weighted by atomic mass is 15.1. The quantitative estimate of drug-likeness (QED) is 0.603. The van der Waals surface area contributed by atoms with E-state index in [9.17, 15) is 0 Å². The van der Waals surface area contributed by atoms with Gasteiger partial charge < -0.3 is 4.90 Å². The van der Waals surface area contributed by atoms with Gasteiger partial charge >= 0.3 is 0 Å². The largest absolute Gasteiger partial charge is 0.306 e. The number of rotatable bonds is 1. The minimum atomic E-state index is 1.000. The van der Waals surface area contributed by atoms with Gasteiger partial charge in [0, 0.05) is 6.54 Å². The van der Waals surface area contributed by atoms with Crippen molar-refractivity contribution in [3.05, 3.63) is 0 Å². The molecule has 0 bridgehead atoms. The van der Waals surface area contributed by atoms with E-state index in [0.29, 0.717) is 0 Å².